The Kier molecular flexibility index (Phi) is 4.80. The minimum atomic E-state index is -0.559. The molecule has 0 aliphatic carbocycles. The molecule has 0 spiro atoms. The van der Waals surface area contributed by atoms with Crippen LogP contribution >= 0.6 is 11.6 Å². The van der Waals surface area contributed by atoms with Gasteiger partial charge in [-0.3, -0.25) is 20.4 Å². The maximum atomic E-state index is 12.0. The molecule has 0 fully saturated rings. The third-order valence-electron chi connectivity index (χ3n) is 2.76. The lowest BCUT2D eigenvalue weighted by Crippen LogP contribution is -2.42. The van der Waals surface area contributed by atoms with E-state index >= 15 is 0 Å². The van der Waals surface area contributed by atoms with Gasteiger partial charge in [0.25, 0.3) is 11.8 Å². The van der Waals surface area contributed by atoms with E-state index in [1.165, 1.54) is 49.8 Å². The van der Waals surface area contributed by atoms with E-state index in [9.17, 15) is 14.8 Å². The Morgan fingerprint density at radius 3 is 2.41 bits per heavy atom. The van der Waals surface area contributed by atoms with Crippen molar-refractivity contribution in [2.75, 3.05) is 7.11 Å². The minimum absolute atomic E-state index is 0.220. The van der Waals surface area contributed by atoms with Gasteiger partial charge in [0.2, 0.25) is 0 Å². The largest absolute Gasteiger partial charge is 0.619 e. The number of carbonyl (C=O) groups excluding carboxylic acids is 2. The fraction of sp³-hybridized carbons (Fsp3) is 0.0714. The maximum Gasteiger partial charge on any atom is 0.273 e. The van der Waals surface area contributed by atoms with Gasteiger partial charge in [-0.1, -0.05) is 11.6 Å². The monoisotopic (exact) mass is 321 g/mol. The number of halogens is 1. The topological polar surface area (TPSA) is 94.4 Å². The molecule has 0 atom stereocenters. The van der Waals surface area contributed by atoms with E-state index in [-0.39, 0.29) is 16.9 Å². The van der Waals surface area contributed by atoms with Gasteiger partial charge in [-0.2, -0.15) is 4.73 Å². The number of nitrogens with zero attached hydrogens (tertiary/aromatic N) is 1. The molecular formula is C14H12ClN3O4. The predicted octanol–water partition coefficient (Wildman–Crippen LogP) is 1.06. The number of pyridine rings is 1. The lowest BCUT2D eigenvalue weighted by atomic mass is 10.2. The SMILES string of the molecule is COc1cc(Cl)ccc1C(=O)NNC(=O)c1cc[n+]([O-])cc1. The van der Waals surface area contributed by atoms with Crippen molar-refractivity contribution in [3.05, 3.63) is 64.1 Å². The van der Waals surface area contributed by atoms with Crippen LogP contribution in [0.3, 0.4) is 0 Å². The molecule has 0 unspecified atom stereocenters. The van der Waals surface area contributed by atoms with Crippen LogP contribution in [0, 0.1) is 5.21 Å². The van der Waals surface area contributed by atoms with Gasteiger partial charge in [0.05, 0.1) is 18.2 Å². The Bertz CT molecular complexity index is 704. The van der Waals surface area contributed by atoms with Gasteiger partial charge < -0.3 is 9.94 Å². The zero-order chi connectivity index (χ0) is 16.1. The molecule has 1 heterocycles. The van der Waals surface area contributed by atoms with Crippen LogP contribution in [0.15, 0.2) is 42.7 Å². The number of hydrogen-bond acceptors (Lipinski definition) is 4. The molecule has 0 saturated carbocycles. The van der Waals surface area contributed by atoms with E-state index in [0.29, 0.717) is 9.75 Å². The highest BCUT2D eigenvalue weighted by Gasteiger charge is 2.14. The zero-order valence-corrected chi connectivity index (χ0v) is 12.3. The van der Waals surface area contributed by atoms with Crippen molar-refractivity contribution in [3.8, 4) is 5.75 Å². The third-order valence-corrected chi connectivity index (χ3v) is 3.00. The van der Waals surface area contributed by atoms with E-state index in [1.807, 2.05) is 0 Å². The lowest BCUT2D eigenvalue weighted by molar-refractivity contribution is -0.605. The second kappa shape index (κ2) is 6.77. The van der Waals surface area contributed by atoms with Crippen LogP contribution in [0.2, 0.25) is 5.02 Å². The summed E-state index contributed by atoms with van der Waals surface area (Å²) in [5, 5.41) is 11.3. The molecule has 7 nitrogen and oxygen atoms in total. The van der Waals surface area contributed by atoms with Gasteiger partial charge in [-0.15, -0.1) is 0 Å². The molecular weight excluding hydrogens is 310 g/mol. The molecule has 1 aromatic carbocycles. The van der Waals surface area contributed by atoms with Crippen LogP contribution in [0.5, 0.6) is 5.75 Å². The number of nitrogens with one attached hydrogen (secondary N) is 2. The predicted molar refractivity (Wildman–Crippen MR) is 78.3 cm³/mol. The van der Waals surface area contributed by atoms with Crippen molar-refractivity contribution in [2.24, 2.45) is 0 Å². The number of rotatable bonds is 3. The Labute approximate surface area is 131 Å². The third kappa shape index (κ3) is 3.64. The van der Waals surface area contributed by atoms with Crippen LogP contribution in [-0.2, 0) is 0 Å². The molecule has 1 aromatic heterocycles. The van der Waals surface area contributed by atoms with Crippen LogP contribution in [-0.4, -0.2) is 18.9 Å². The van der Waals surface area contributed by atoms with Gasteiger partial charge in [-0.25, -0.2) is 0 Å². The summed E-state index contributed by atoms with van der Waals surface area (Å²) in [5.41, 5.74) is 4.96. The normalized spacial score (nSPS) is 9.91. The standard InChI is InChI=1S/C14H12ClN3O4/c1-22-12-8-10(15)2-3-11(12)14(20)17-16-13(19)9-4-6-18(21)7-5-9/h2-8H,1H3,(H,16,19)(H,17,20). The van der Waals surface area contributed by atoms with Crippen molar-refractivity contribution in [1.82, 2.24) is 10.9 Å². The first-order chi connectivity index (χ1) is 10.5. The second-order valence-electron chi connectivity index (χ2n) is 4.20. The van der Waals surface area contributed by atoms with Crippen LogP contribution < -0.4 is 20.3 Å². The summed E-state index contributed by atoms with van der Waals surface area (Å²) < 4.78 is 5.61. The minimum Gasteiger partial charge on any atom is -0.619 e. The average molecular weight is 322 g/mol. The van der Waals surface area contributed by atoms with Crippen LogP contribution in [0.1, 0.15) is 20.7 Å². The number of carbonyl (C=O) groups is 2. The van der Waals surface area contributed by atoms with Gasteiger partial charge in [0, 0.05) is 17.2 Å². The number of methoxy groups -OCH3 is 1. The molecule has 0 radical (unpaired) electrons. The van der Waals surface area contributed by atoms with E-state index in [0.717, 1.165) is 0 Å². The molecule has 0 aliphatic heterocycles. The van der Waals surface area contributed by atoms with Gasteiger partial charge >= 0.3 is 0 Å². The molecule has 8 heteroatoms. The Morgan fingerprint density at radius 1 is 1.14 bits per heavy atom. The summed E-state index contributed by atoms with van der Waals surface area (Å²) >= 11 is 5.81. The number of hydrogen-bond donors (Lipinski definition) is 2. The fourth-order valence-corrected chi connectivity index (χ4v) is 1.83. The molecule has 2 amide bonds. The highest BCUT2D eigenvalue weighted by atomic mass is 35.5. The fourth-order valence-electron chi connectivity index (χ4n) is 1.67. The van der Waals surface area contributed by atoms with Crippen molar-refractivity contribution in [3.63, 3.8) is 0 Å². The number of amides is 2. The average Bonchev–Trinajstić information content (AvgIpc) is 2.52. The first kappa shape index (κ1) is 15.6. The highest BCUT2D eigenvalue weighted by Crippen LogP contribution is 2.22. The zero-order valence-electron chi connectivity index (χ0n) is 11.5. The van der Waals surface area contributed by atoms with Crippen LogP contribution in [0.25, 0.3) is 0 Å². The molecule has 114 valence electrons. The number of ether oxygens (including phenoxy) is 1. The Hall–Kier alpha value is -2.80. The highest BCUT2D eigenvalue weighted by molar-refractivity contribution is 6.30. The summed E-state index contributed by atoms with van der Waals surface area (Å²) in [6, 6.07) is 7.16. The van der Waals surface area contributed by atoms with Crippen LogP contribution in [0.4, 0.5) is 0 Å². The Balaban J connectivity index is 2.03. The summed E-state index contributed by atoms with van der Waals surface area (Å²) in [6.07, 6.45) is 2.36. The summed E-state index contributed by atoms with van der Waals surface area (Å²) in [5.74, 6) is -0.829. The van der Waals surface area contributed by atoms with E-state index in [4.69, 9.17) is 16.3 Å². The van der Waals surface area contributed by atoms with Gasteiger partial charge in [-0.05, 0) is 18.2 Å². The number of benzene rings is 1. The Morgan fingerprint density at radius 2 is 1.77 bits per heavy atom. The van der Waals surface area contributed by atoms with E-state index < -0.39 is 11.8 Å². The molecule has 0 aliphatic rings. The summed E-state index contributed by atoms with van der Waals surface area (Å²) in [4.78, 5) is 23.8. The second-order valence-corrected chi connectivity index (χ2v) is 4.64. The van der Waals surface area contributed by atoms with Crippen molar-refractivity contribution in [2.45, 2.75) is 0 Å². The van der Waals surface area contributed by atoms with Gasteiger partial charge in [0.1, 0.15) is 5.75 Å². The molecule has 2 aromatic rings. The van der Waals surface area contributed by atoms with E-state index in [1.54, 1.807) is 0 Å². The number of aromatic nitrogens is 1. The first-order valence-electron chi connectivity index (χ1n) is 6.14. The summed E-state index contributed by atoms with van der Waals surface area (Å²) in [7, 11) is 1.41. The van der Waals surface area contributed by atoms with Crippen molar-refractivity contribution >= 4 is 23.4 Å². The maximum absolute atomic E-state index is 12.0. The van der Waals surface area contributed by atoms with Crippen molar-refractivity contribution in [1.29, 1.82) is 0 Å². The number of hydrazine groups is 1. The molecule has 22 heavy (non-hydrogen) atoms. The molecule has 2 N–H and O–H groups in total. The van der Waals surface area contributed by atoms with E-state index in [2.05, 4.69) is 10.9 Å². The summed E-state index contributed by atoms with van der Waals surface area (Å²) in [6.45, 7) is 0. The smallest absolute Gasteiger partial charge is 0.273 e. The molecule has 2 rings (SSSR count). The first-order valence-corrected chi connectivity index (χ1v) is 6.52. The quantitative estimate of drug-likeness (QED) is 0.502. The molecule has 0 saturated heterocycles. The lowest BCUT2D eigenvalue weighted by Gasteiger charge is -2.10. The van der Waals surface area contributed by atoms with Gasteiger partial charge in [0.15, 0.2) is 12.4 Å². The molecule has 0 bridgehead atoms. The van der Waals surface area contributed by atoms with Crippen molar-refractivity contribution < 1.29 is 19.1 Å².